The molecule has 20 heavy (non-hydrogen) atoms. The quantitative estimate of drug-likeness (QED) is 0.936. The van der Waals surface area contributed by atoms with Crippen LogP contribution in [0.4, 0.5) is 10.2 Å². The molecule has 0 aliphatic heterocycles. The number of rotatable bonds is 3. The molecule has 0 amide bonds. The standard InChI is InChI=1S/C15H11ClFN3/c16-13-5-9(7-18)8-19-15(13)20-14-6-12(14)10-1-3-11(17)4-2-10/h1-5,8,12,14H,6H2,(H,19,20)/t12-,14+/m0/s1. The first-order valence-electron chi connectivity index (χ1n) is 6.25. The van der Waals surface area contributed by atoms with Gasteiger partial charge in [0, 0.05) is 18.2 Å². The average molecular weight is 288 g/mol. The third kappa shape index (κ3) is 2.59. The Hall–Kier alpha value is -2.12. The van der Waals surface area contributed by atoms with Crippen LogP contribution in [0.25, 0.3) is 0 Å². The van der Waals surface area contributed by atoms with Crippen LogP contribution in [-0.4, -0.2) is 11.0 Å². The lowest BCUT2D eigenvalue weighted by Gasteiger charge is -2.07. The molecular formula is C15H11ClFN3. The molecule has 1 aliphatic carbocycles. The monoisotopic (exact) mass is 287 g/mol. The molecule has 100 valence electrons. The first-order valence-corrected chi connectivity index (χ1v) is 6.63. The van der Waals surface area contributed by atoms with Gasteiger partial charge in [0.15, 0.2) is 0 Å². The lowest BCUT2D eigenvalue weighted by Crippen LogP contribution is -2.06. The second-order valence-corrected chi connectivity index (χ2v) is 5.22. The van der Waals surface area contributed by atoms with Gasteiger partial charge in [0.05, 0.1) is 10.6 Å². The van der Waals surface area contributed by atoms with Crippen molar-refractivity contribution >= 4 is 17.4 Å². The van der Waals surface area contributed by atoms with Crippen molar-refractivity contribution in [3.63, 3.8) is 0 Å². The van der Waals surface area contributed by atoms with E-state index in [1.165, 1.54) is 18.3 Å². The number of hydrogen-bond donors (Lipinski definition) is 1. The summed E-state index contributed by atoms with van der Waals surface area (Å²) in [4.78, 5) is 4.15. The molecule has 2 aromatic rings. The van der Waals surface area contributed by atoms with Gasteiger partial charge < -0.3 is 5.32 Å². The number of hydrogen-bond acceptors (Lipinski definition) is 3. The fourth-order valence-corrected chi connectivity index (χ4v) is 2.43. The summed E-state index contributed by atoms with van der Waals surface area (Å²) in [5, 5.41) is 12.5. The Kier molecular flexibility index (Phi) is 3.29. The van der Waals surface area contributed by atoms with E-state index < -0.39 is 0 Å². The molecule has 0 unspecified atom stereocenters. The number of pyridine rings is 1. The van der Waals surface area contributed by atoms with Gasteiger partial charge in [-0.3, -0.25) is 0 Å². The summed E-state index contributed by atoms with van der Waals surface area (Å²) < 4.78 is 12.9. The highest BCUT2D eigenvalue weighted by atomic mass is 35.5. The van der Waals surface area contributed by atoms with Crippen LogP contribution in [-0.2, 0) is 0 Å². The van der Waals surface area contributed by atoms with E-state index in [0.29, 0.717) is 22.3 Å². The van der Waals surface area contributed by atoms with Crippen molar-refractivity contribution in [1.82, 2.24) is 4.98 Å². The molecule has 1 aromatic heterocycles. The predicted octanol–water partition coefficient (Wildman–Crippen LogP) is 3.71. The van der Waals surface area contributed by atoms with Crippen LogP contribution in [0.2, 0.25) is 5.02 Å². The van der Waals surface area contributed by atoms with Crippen molar-refractivity contribution < 1.29 is 4.39 Å². The summed E-state index contributed by atoms with van der Waals surface area (Å²) in [5.74, 6) is 0.708. The second kappa shape index (κ2) is 5.10. The Labute approximate surface area is 121 Å². The van der Waals surface area contributed by atoms with Crippen molar-refractivity contribution in [2.24, 2.45) is 0 Å². The van der Waals surface area contributed by atoms with Gasteiger partial charge in [-0.2, -0.15) is 5.26 Å². The van der Waals surface area contributed by atoms with E-state index in [9.17, 15) is 4.39 Å². The van der Waals surface area contributed by atoms with E-state index in [-0.39, 0.29) is 11.9 Å². The number of nitrogens with zero attached hydrogens (tertiary/aromatic N) is 2. The zero-order chi connectivity index (χ0) is 14.1. The van der Waals surface area contributed by atoms with E-state index >= 15 is 0 Å². The Bertz CT molecular complexity index is 679. The number of anilines is 1. The minimum absolute atomic E-state index is 0.226. The van der Waals surface area contributed by atoms with Crippen LogP contribution in [0.1, 0.15) is 23.5 Å². The zero-order valence-electron chi connectivity index (χ0n) is 10.5. The molecule has 2 atom stereocenters. The second-order valence-electron chi connectivity index (χ2n) is 4.81. The minimum atomic E-state index is -0.226. The minimum Gasteiger partial charge on any atom is -0.365 e. The van der Waals surface area contributed by atoms with Crippen molar-refractivity contribution in [3.05, 3.63) is 58.5 Å². The molecule has 0 bridgehead atoms. The molecule has 3 rings (SSSR count). The Morgan fingerprint density at radius 2 is 2.10 bits per heavy atom. The van der Waals surface area contributed by atoms with Crippen LogP contribution in [0, 0.1) is 17.1 Å². The molecule has 0 saturated heterocycles. The van der Waals surface area contributed by atoms with Crippen molar-refractivity contribution in [3.8, 4) is 6.07 Å². The van der Waals surface area contributed by atoms with Crippen molar-refractivity contribution in [2.75, 3.05) is 5.32 Å². The van der Waals surface area contributed by atoms with Crippen LogP contribution in [0.5, 0.6) is 0 Å². The highest BCUT2D eigenvalue weighted by Crippen LogP contribution is 2.43. The van der Waals surface area contributed by atoms with E-state index in [2.05, 4.69) is 10.3 Å². The van der Waals surface area contributed by atoms with Gasteiger partial charge in [0.25, 0.3) is 0 Å². The van der Waals surface area contributed by atoms with Gasteiger partial charge in [-0.05, 0) is 30.2 Å². The van der Waals surface area contributed by atoms with Gasteiger partial charge in [-0.15, -0.1) is 0 Å². The smallest absolute Gasteiger partial charge is 0.145 e. The van der Waals surface area contributed by atoms with E-state index in [1.54, 1.807) is 18.2 Å². The Morgan fingerprint density at radius 3 is 2.75 bits per heavy atom. The van der Waals surface area contributed by atoms with Gasteiger partial charge in [-0.1, -0.05) is 23.7 Å². The Morgan fingerprint density at radius 1 is 1.35 bits per heavy atom. The average Bonchev–Trinajstić information content (AvgIpc) is 3.21. The topological polar surface area (TPSA) is 48.7 Å². The predicted molar refractivity (Wildman–Crippen MR) is 75.1 cm³/mol. The van der Waals surface area contributed by atoms with Crippen LogP contribution in [0.15, 0.2) is 36.5 Å². The number of nitriles is 1. The van der Waals surface area contributed by atoms with Gasteiger partial charge in [0.2, 0.25) is 0 Å². The summed E-state index contributed by atoms with van der Waals surface area (Å²) in [6, 6.07) is 10.4. The molecule has 1 N–H and O–H groups in total. The molecule has 3 nitrogen and oxygen atoms in total. The first-order chi connectivity index (χ1) is 9.67. The molecule has 0 spiro atoms. The molecule has 1 heterocycles. The molecule has 5 heteroatoms. The molecule has 0 radical (unpaired) electrons. The highest BCUT2D eigenvalue weighted by molar-refractivity contribution is 6.33. The molecule has 1 saturated carbocycles. The van der Waals surface area contributed by atoms with E-state index in [4.69, 9.17) is 16.9 Å². The normalized spacial score (nSPS) is 20.2. The van der Waals surface area contributed by atoms with Crippen LogP contribution < -0.4 is 5.32 Å². The lowest BCUT2D eigenvalue weighted by molar-refractivity contribution is 0.627. The summed E-state index contributed by atoms with van der Waals surface area (Å²) in [6.07, 6.45) is 2.45. The maximum absolute atomic E-state index is 12.9. The first kappa shape index (κ1) is 12.9. The third-order valence-corrected chi connectivity index (χ3v) is 3.67. The number of benzene rings is 1. The number of nitrogens with one attached hydrogen (secondary N) is 1. The molecule has 1 aliphatic rings. The molecular weight excluding hydrogens is 277 g/mol. The zero-order valence-corrected chi connectivity index (χ0v) is 11.2. The van der Waals surface area contributed by atoms with Crippen molar-refractivity contribution in [1.29, 1.82) is 5.26 Å². The molecule has 1 fully saturated rings. The van der Waals surface area contributed by atoms with Crippen LogP contribution >= 0.6 is 11.6 Å². The van der Waals surface area contributed by atoms with Gasteiger partial charge in [0.1, 0.15) is 17.7 Å². The summed E-state index contributed by atoms with van der Waals surface area (Å²) >= 11 is 6.07. The summed E-state index contributed by atoms with van der Waals surface area (Å²) in [7, 11) is 0. The fourth-order valence-electron chi connectivity index (χ4n) is 2.21. The number of aromatic nitrogens is 1. The lowest BCUT2D eigenvalue weighted by atomic mass is 10.1. The van der Waals surface area contributed by atoms with Gasteiger partial charge in [-0.25, -0.2) is 9.37 Å². The SMILES string of the molecule is N#Cc1cnc(N[C@@H]2C[C@H]2c2ccc(F)cc2)c(Cl)c1. The van der Waals surface area contributed by atoms with Crippen LogP contribution in [0.3, 0.4) is 0 Å². The van der Waals surface area contributed by atoms with Crippen molar-refractivity contribution in [2.45, 2.75) is 18.4 Å². The summed E-state index contributed by atoms with van der Waals surface area (Å²) in [5.41, 5.74) is 1.54. The summed E-state index contributed by atoms with van der Waals surface area (Å²) in [6.45, 7) is 0. The number of halogens is 2. The van der Waals surface area contributed by atoms with Gasteiger partial charge >= 0.3 is 0 Å². The Balaban J connectivity index is 1.69. The molecule has 1 aromatic carbocycles. The van der Waals surface area contributed by atoms with E-state index in [0.717, 1.165) is 12.0 Å². The highest BCUT2D eigenvalue weighted by Gasteiger charge is 2.38. The maximum Gasteiger partial charge on any atom is 0.145 e. The maximum atomic E-state index is 12.9. The third-order valence-electron chi connectivity index (χ3n) is 3.38. The fraction of sp³-hybridized carbons (Fsp3) is 0.200. The largest absolute Gasteiger partial charge is 0.365 e. The van der Waals surface area contributed by atoms with E-state index in [1.807, 2.05) is 6.07 Å².